The second-order valence-corrected chi connectivity index (χ2v) is 6.72. The summed E-state index contributed by atoms with van der Waals surface area (Å²) in [5, 5.41) is 0.519. The molecule has 1 aromatic heterocycles. The molecule has 0 radical (unpaired) electrons. The van der Waals surface area contributed by atoms with Crippen LogP contribution in [0, 0.1) is 5.82 Å². The van der Waals surface area contributed by atoms with Crippen molar-refractivity contribution in [2.24, 2.45) is 0 Å². The second-order valence-electron chi connectivity index (χ2n) is 5.71. The van der Waals surface area contributed by atoms with Gasteiger partial charge in [-0.1, -0.05) is 35.6 Å². The van der Waals surface area contributed by atoms with Crippen LogP contribution in [0.5, 0.6) is 0 Å². The molecule has 3 aromatic rings. The Morgan fingerprint density at radius 3 is 2.50 bits per heavy atom. The molecule has 0 saturated heterocycles. The third-order valence-corrected chi connectivity index (χ3v) is 4.67. The number of para-hydroxylation sites is 1. The SMILES string of the molecule is CN(C)CCN(C(=O)c1ccccc1)c1nc2c(F)cccc2s1. The van der Waals surface area contributed by atoms with Crippen LogP contribution in [0.25, 0.3) is 10.2 Å². The Bertz CT molecular complexity index is 848. The van der Waals surface area contributed by atoms with E-state index >= 15 is 0 Å². The van der Waals surface area contributed by atoms with Crippen molar-refractivity contribution in [3.8, 4) is 0 Å². The highest BCUT2D eigenvalue weighted by Crippen LogP contribution is 2.31. The third kappa shape index (κ3) is 3.44. The van der Waals surface area contributed by atoms with Gasteiger partial charge in [0.2, 0.25) is 0 Å². The molecule has 6 heteroatoms. The fraction of sp³-hybridized carbons (Fsp3) is 0.222. The molecule has 0 aliphatic rings. The zero-order chi connectivity index (χ0) is 17.1. The first-order valence-electron chi connectivity index (χ1n) is 7.63. The van der Waals surface area contributed by atoms with E-state index in [0.29, 0.717) is 29.3 Å². The van der Waals surface area contributed by atoms with Gasteiger partial charge in [-0.05, 0) is 38.4 Å². The highest BCUT2D eigenvalue weighted by Gasteiger charge is 2.21. The number of nitrogens with zero attached hydrogens (tertiary/aromatic N) is 3. The van der Waals surface area contributed by atoms with Crippen LogP contribution in [0.2, 0.25) is 0 Å². The Morgan fingerprint density at radius 2 is 1.83 bits per heavy atom. The van der Waals surface area contributed by atoms with Crippen molar-refractivity contribution in [1.29, 1.82) is 0 Å². The molecule has 3 rings (SSSR count). The lowest BCUT2D eigenvalue weighted by Crippen LogP contribution is -2.36. The van der Waals surface area contributed by atoms with E-state index in [1.54, 1.807) is 23.1 Å². The first-order valence-corrected chi connectivity index (χ1v) is 8.44. The highest BCUT2D eigenvalue weighted by atomic mass is 32.1. The van der Waals surface area contributed by atoms with Crippen LogP contribution in [0.1, 0.15) is 10.4 Å². The van der Waals surface area contributed by atoms with Gasteiger partial charge in [0.15, 0.2) is 5.13 Å². The molecule has 0 fully saturated rings. The highest BCUT2D eigenvalue weighted by molar-refractivity contribution is 7.22. The van der Waals surface area contributed by atoms with Crippen molar-refractivity contribution >= 4 is 32.6 Å². The number of likely N-dealkylation sites (N-methyl/N-ethyl adjacent to an activating group) is 1. The van der Waals surface area contributed by atoms with Crippen molar-refractivity contribution in [3.05, 3.63) is 59.9 Å². The molecule has 2 aromatic carbocycles. The van der Waals surface area contributed by atoms with Crippen molar-refractivity contribution < 1.29 is 9.18 Å². The van der Waals surface area contributed by atoms with Gasteiger partial charge in [-0.15, -0.1) is 0 Å². The fourth-order valence-electron chi connectivity index (χ4n) is 2.34. The molecule has 0 aliphatic heterocycles. The summed E-state index contributed by atoms with van der Waals surface area (Å²) in [6, 6.07) is 13.9. The maximum atomic E-state index is 13.9. The summed E-state index contributed by atoms with van der Waals surface area (Å²) in [6.45, 7) is 1.18. The zero-order valence-corrected chi connectivity index (χ0v) is 14.4. The van der Waals surface area contributed by atoms with Gasteiger partial charge in [0.1, 0.15) is 11.3 Å². The van der Waals surface area contributed by atoms with E-state index < -0.39 is 0 Å². The normalized spacial score (nSPS) is 11.2. The van der Waals surface area contributed by atoms with Crippen molar-refractivity contribution in [3.63, 3.8) is 0 Å². The Balaban J connectivity index is 1.99. The van der Waals surface area contributed by atoms with E-state index in [9.17, 15) is 9.18 Å². The topological polar surface area (TPSA) is 36.4 Å². The molecule has 1 amide bonds. The average Bonchev–Trinajstić information content (AvgIpc) is 3.01. The Kier molecular flexibility index (Phi) is 4.87. The van der Waals surface area contributed by atoms with Crippen LogP contribution in [-0.4, -0.2) is 43.0 Å². The lowest BCUT2D eigenvalue weighted by molar-refractivity contribution is 0.0985. The number of carbonyl (C=O) groups is 1. The lowest BCUT2D eigenvalue weighted by atomic mass is 10.2. The molecule has 24 heavy (non-hydrogen) atoms. The Hall–Kier alpha value is -2.31. The number of benzene rings is 2. The largest absolute Gasteiger partial charge is 0.308 e. The summed E-state index contributed by atoms with van der Waals surface area (Å²) < 4.78 is 14.7. The summed E-state index contributed by atoms with van der Waals surface area (Å²) in [7, 11) is 3.90. The maximum Gasteiger partial charge on any atom is 0.260 e. The molecule has 0 N–H and O–H groups in total. The van der Waals surface area contributed by atoms with Crippen molar-refractivity contribution in [2.75, 3.05) is 32.1 Å². The molecule has 0 unspecified atom stereocenters. The molecular formula is C18H18FN3OS. The number of hydrogen-bond acceptors (Lipinski definition) is 4. The quantitative estimate of drug-likeness (QED) is 0.710. The number of amides is 1. The van der Waals surface area contributed by atoms with E-state index in [2.05, 4.69) is 4.98 Å². The number of fused-ring (bicyclic) bond motifs is 1. The van der Waals surface area contributed by atoms with Crippen LogP contribution in [0.3, 0.4) is 0 Å². The van der Waals surface area contributed by atoms with Crippen LogP contribution < -0.4 is 4.90 Å². The smallest absolute Gasteiger partial charge is 0.260 e. The van der Waals surface area contributed by atoms with E-state index in [4.69, 9.17) is 0 Å². The maximum absolute atomic E-state index is 13.9. The number of carbonyl (C=O) groups excluding carboxylic acids is 1. The summed E-state index contributed by atoms with van der Waals surface area (Å²) in [5.74, 6) is -0.494. The number of thiazole rings is 1. The predicted octanol–water partition coefficient (Wildman–Crippen LogP) is 3.64. The molecule has 0 aliphatic carbocycles. The van der Waals surface area contributed by atoms with Gasteiger partial charge < -0.3 is 4.90 Å². The minimum atomic E-state index is -0.366. The van der Waals surface area contributed by atoms with Gasteiger partial charge in [-0.2, -0.15) is 0 Å². The molecule has 0 atom stereocenters. The van der Waals surface area contributed by atoms with Gasteiger partial charge in [-0.25, -0.2) is 9.37 Å². The van der Waals surface area contributed by atoms with Crippen LogP contribution in [0.4, 0.5) is 9.52 Å². The van der Waals surface area contributed by atoms with E-state index in [1.165, 1.54) is 17.4 Å². The van der Waals surface area contributed by atoms with Crippen LogP contribution in [-0.2, 0) is 0 Å². The van der Waals surface area contributed by atoms with E-state index in [1.807, 2.05) is 43.3 Å². The van der Waals surface area contributed by atoms with Gasteiger partial charge in [0, 0.05) is 18.7 Å². The monoisotopic (exact) mass is 343 g/mol. The van der Waals surface area contributed by atoms with Gasteiger partial charge in [0.05, 0.1) is 4.70 Å². The number of anilines is 1. The van der Waals surface area contributed by atoms with Crippen molar-refractivity contribution in [1.82, 2.24) is 9.88 Å². The molecule has 1 heterocycles. The number of halogens is 1. The summed E-state index contributed by atoms with van der Waals surface area (Å²) in [6.07, 6.45) is 0. The predicted molar refractivity (Wildman–Crippen MR) is 96.3 cm³/mol. The molecule has 0 saturated carbocycles. The number of hydrogen-bond donors (Lipinski definition) is 0. The van der Waals surface area contributed by atoms with Gasteiger partial charge in [-0.3, -0.25) is 9.69 Å². The minimum Gasteiger partial charge on any atom is -0.308 e. The standard InChI is InChI=1S/C18H18FN3OS/c1-21(2)11-12-22(17(23)13-7-4-3-5-8-13)18-20-16-14(19)9-6-10-15(16)24-18/h3-10H,11-12H2,1-2H3. The lowest BCUT2D eigenvalue weighted by Gasteiger charge is -2.22. The third-order valence-electron chi connectivity index (χ3n) is 3.63. The molecular weight excluding hydrogens is 325 g/mol. The van der Waals surface area contributed by atoms with Gasteiger partial charge >= 0.3 is 0 Å². The summed E-state index contributed by atoms with van der Waals surface area (Å²) in [4.78, 5) is 20.9. The minimum absolute atomic E-state index is 0.128. The van der Waals surface area contributed by atoms with Crippen LogP contribution >= 0.6 is 11.3 Å². The summed E-state index contributed by atoms with van der Waals surface area (Å²) in [5.41, 5.74) is 0.907. The molecule has 124 valence electrons. The fourth-order valence-corrected chi connectivity index (χ4v) is 3.34. The molecule has 4 nitrogen and oxygen atoms in total. The van der Waals surface area contributed by atoms with Gasteiger partial charge in [0.25, 0.3) is 5.91 Å². The van der Waals surface area contributed by atoms with E-state index in [-0.39, 0.29) is 11.7 Å². The van der Waals surface area contributed by atoms with E-state index in [0.717, 1.165) is 4.70 Å². The van der Waals surface area contributed by atoms with Crippen molar-refractivity contribution in [2.45, 2.75) is 0 Å². The first-order chi connectivity index (χ1) is 11.6. The number of aromatic nitrogens is 1. The second kappa shape index (κ2) is 7.07. The first kappa shape index (κ1) is 16.5. The number of rotatable bonds is 5. The average molecular weight is 343 g/mol. The zero-order valence-electron chi connectivity index (χ0n) is 13.6. The van der Waals surface area contributed by atoms with Crippen LogP contribution in [0.15, 0.2) is 48.5 Å². The molecule has 0 bridgehead atoms. The Labute approximate surface area is 144 Å². The molecule has 0 spiro atoms. The Morgan fingerprint density at radius 1 is 1.08 bits per heavy atom. The summed E-state index contributed by atoms with van der Waals surface area (Å²) >= 11 is 1.33.